The lowest BCUT2D eigenvalue weighted by Gasteiger charge is -2.21. The largest absolute Gasteiger partial charge is 0.462 e. The van der Waals surface area contributed by atoms with Crippen LogP contribution >= 0.6 is 0 Å². The molecule has 0 N–H and O–H groups in total. The molecule has 0 aliphatic carbocycles. The molecule has 0 aromatic heterocycles. The van der Waals surface area contributed by atoms with E-state index in [9.17, 15) is 38.4 Å². The van der Waals surface area contributed by atoms with E-state index in [0.717, 1.165) is 90.3 Å². The van der Waals surface area contributed by atoms with Gasteiger partial charge < -0.3 is 14.2 Å². The smallest absolute Gasteiger partial charge is 0.346 e. The molecule has 0 bridgehead atoms. The van der Waals surface area contributed by atoms with Gasteiger partial charge in [-0.1, -0.05) is 99.5 Å². The standard InChI is InChI=1S/C34H32O6.C26H14O5/c1-5-7-17-39-33(37)27-15-13-25-23-11-9-21(19(3)35)29-22(20(4)36)10-12-24(30(23)29)26-14-16-28(32(27)31(25)26)34(38)40-18-8-6-2;1-11(27)13-3-5-15-17-7-9-19-24-20(26(30)31-25(19)29)10-8-18(23(17)24)16-6-4-14(12(2)28)21(13)22(15)16/h9-16H,5-8,17-18H2,1-4H3;3-10H,1-2H3. The van der Waals surface area contributed by atoms with Gasteiger partial charge in [0.2, 0.25) is 0 Å². The van der Waals surface area contributed by atoms with Crippen LogP contribution in [0.3, 0.4) is 0 Å². The Morgan fingerprint density at radius 3 is 0.887 bits per heavy atom. The Kier molecular flexibility index (Phi) is 11.6. The fourth-order valence-corrected chi connectivity index (χ4v) is 10.6. The second kappa shape index (κ2) is 17.8. The predicted octanol–water partition coefficient (Wildman–Crippen LogP) is 13.5. The first-order chi connectivity index (χ1) is 34.2. The zero-order chi connectivity index (χ0) is 50.2. The van der Waals surface area contributed by atoms with Gasteiger partial charge in [0, 0.05) is 43.8 Å². The molecule has 71 heavy (non-hydrogen) atoms. The summed E-state index contributed by atoms with van der Waals surface area (Å²) in [6.45, 7) is 10.6. The molecule has 0 amide bonds. The summed E-state index contributed by atoms with van der Waals surface area (Å²) in [6, 6.07) is 28.7. The van der Waals surface area contributed by atoms with E-state index in [0.29, 0.717) is 79.3 Å². The van der Waals surface area contributed by atoms with Gasteiger partial charge in [0.25, 0.3) is 0 Å². The summed E-state index contributed by atoms with van der Waals surface area (Å²) in [6.07, 6.45) is 3.26. The van der Waals surface area contributed by atoms with E-state index in [1.54, 1.807) is 48.5 Å². The number of Topliss-reactive ketones (excluding diaryl/α,β-unsaturated/α-hetero) is 4. The number of cyclic esters (lactones) is 2. The van der Waals surface area contributed by atoms with Crippen molar-refractivity contribution in [3.8, 4) is 0 Å². The minimum absolute atomic E-state index is 0.115. The zero-order valence-corrected chi connectivity index (χ0v) is 40.0. The molecule has 10 aromatic rings. The lowest BCUT2D eigenvalue weighted by atomic mass is 9.83. The third kappa shape index (κ3) is 7.25. The van der Waals surface area contributed by atoms with Gasteiger partial charge >= 0.3 is 23.9 Å². The Morgan fingerprint density at radius 2 is 0.606 bits per heavy atom. The van der Waals surface area contributed by atoms with Gasteiger partial charge in [0.15, 0.2) is 23.1 Å². The molecule has 11 heteroatoms. The normalized spacial score (nSPS) is 12.4. The maximum absolute atomic E-state index is 13.3. The molecule has 0 fully saturated rings. The Balaban J connectivity index is 0.000000169. The second-order valence-corrected chi connectivity index (χ2v) is 18.2. The highest BCUT2D eigenvalue weighted by Gasteiger charge is 2.31. The summed E-state index contributed by atoms with van der Waals surface area (Å²) >= 11 is 0. The summed E-state index contributed by atoms with van der Waals surface area (Å²) in [7, 11) is 0. The van der Waals surface area contributed by atoms with Crippen LogP contribution in [0.2, 0.25) is 0 Å². The van der Waals surface area contributed by atoms with E-state index in [2.05, 4.69) is 0 Å². The molecule has 352 valence electrons. The molecule has 0 spiro atoms. The van der Waals surface area contributed by atoms with Gasteiger partial charge in [-0.15, -0.1) is 0 Å². The van der Waals surface area contributed by atoms with E-state index < -0.39 is 23.9 Å². The topological polar surface area (TPSA) is 164 Å². The second-order valence-electron chi connectivity index (χ2n) is 18.2. The SMILES string of the molecule is CC(=O)c1ccc2c3ccc4c5c(ccc(c6ccc(C(C)=O)c1c26)c53)C(=O)OC4=O.CCCCOC(=O)c1ccc2c3ccc(C(C)=O)c4c(C(C)=O)ccc(c5ccc(C(=O)OCCCC)c1c25)c43. The van der Waals surface area contributed by atoms with Crippen LogP contribution in [-0.4, -0.2) is 60.2 Å². The monoisotopic (exact) mass is 942 g/mol. The molecule has 0 saturated heterocycles. The predicted molar refractivity (Wildman–Crippen MR) is 275 cm³/mol. The number of benzene rings is 10. The molecular formula is C60H46O11. The van der Waals surface area contributed by atoms with Gasteiger partial charge in [-0.25, -0.2) is 19.2 Å². The van der Waals surface area contributed by atoms with Crippen LogP contribution in [0.5, 0.6) is 0 Å². The van der Waals surface area contributed by atoms with Crippen molar-refractivity contribution in [3.05, 3.63) is 142 Å². The van der Waals surface area contributed by atoms with Crippen LogP contribution in [0.1, 0.15) is 150 Å². The van der Waals surface area contributed by atoms with Crippen molar-refractivity contribution >= 4 is 133 Å². The summed E-state index contributed by atoms with van der Waals surface area (Å²) in [5.74, 6) is -2.78. The van der Waals surface area contributed by atoms with Crippen LogP contribution in [0, 0.1) is 0 Å². The molecule has 1 aliphatic heterocycles. The van der Waals surface area contributed by atoms with E-state index in [1.807, 2.05) is 62.4 Å². The van der Waals surface area contributed by atoms with Crippen LogP contribution in [0.25, 0.3) is 86.2 Å². The van der Waals surface area contributed by atoms with Crippen molar-refractivity contribution in [2.24, 2.45) is 0 Å². The number of ketones is 4. The molecule has 0 radical (unpaired) electrons. The first-order valence-electron chi connectivity index (χ1n) is 23.7. The van der Waals surface area contributed by atoms with Gasteiger partial charge in [0.1, 0.15) is 0 Å². The van der Waals surface area contributed by atoms with E-state index >= 15 is 0 Å². The highest BCUT2D eigenvalue weighted by molar-refractivity contribution is 6.41. The number of esters is 4. The number of carbonyl (C=O) groups excluding carboxylic acids is 8. The molecule has 10 aromatic carbocycles. The molecular weight excluding hydrogens is 897 g/mol. The number of carbonyl (C=O) groups is 8. The van der Waals surface area contributed by atoms with Crippen LogP contribution < -0.4 is 0 Å². The molecule has 1 heterocycles. The summed E-state index contributed by atoms with van der Waals surface area (Å²) in [5.41, 5.74) is 3.29. The Bertz CT molecular complexity index is 3780. The fourth-order valence-electron chi connectivity index (χ4n) is 10.6. The van der Waals surface area contributed by atoms with Crippen LogP contribution in [0.15, 0.2) is 97.1 Å². The molecule has 0 saturated carbocycles. The fraction of sp³-hybridized carbons (Fsp3) is 0.200. The maximum Gasteiger partial charge on any atom is 0.346 e. The highest BCUT2D eigenvalue weighted by atomic mass is 16.6. The van der Waals surface area contributed by atoms with Crippen molar-refractivity contribution in [3.63, 3.8) is 0 Å². The minimum atomic E-state index is -0.656. The number of ether oxygens (including phenoxy) is 3. The summed E-state index contributed by atoms with van der Waals surface area (Å²) in [4.78, 5) is 101. The number of rotatable bonds is 12. The first-order valence-corrected chi connectivity index (χ1v) is 23.7. The van der Waals surface area contributed by atoms with Crippen molar-refractivity contribution < 1.29 is 52.6 Å². The van der Waals surface area contributed by atoms with Crippen molar-refractivity contribution in [1.82, 2.24) is 0 Å². The van der Waals surface area contributed by atoms with Crippen LogP contribution in [0.4, 0.5) is 0 Å². The maximum atomic E-state index is 13.3. The molecule has 11 nitrogen and oxygen atoms in total. The van der Waals surface area contributed by atoms with Crippen molar-refractivity contribution in [2.45, 2.75) is 67.2 Å². The molecule has 11 rings (SSSR count). The Hall–Kier alpha value is -8.44. The van der Waals surface area contributed by atoms with Crippen LogP contribution in [-0.2, 0) is 14.2 Å². The number of hydrogen-bond donors (Lipinski definition) is 0. The summed E-state index contributed by atoms with van der Waals surface area (Å²) in [5, 5.41) is 12.3. The molecule has 0 atom stereocenters. The average Bonchev–Trinajstić information content (AvgIpc) is 3.35. The van der Waals surface area contributed by atoms with Gasteiger partial charge in [-0.05, 0) is 129 Å². The van der Waals surface area contributed by atoms with Crippen molar-refractivity contribution in [2.75, 3.05) is 13.2 Å². The highest BCUT2D eigenvalue weighted by Crippen LogP contribution is 2.47. The lowest BCUT2D eigenvalue weighted by molar-refractivity contribution is 0.0387. The van der Waals surface area contributed by atoms with E-state index in [-0.39, 0.29) is 23.1 Å². The summed E-state index contributed by atoms with van der Waals surface area (Å²) < 4.78 is 16.1. The first kappa shape index (κ1) is 46.3. The van der Waals surface area contributed by atoms with E-state index in [1.165, 1.54) is 27.7 Å². The molecule has 1 aliphatic rings. The number of unbranched alkanes of at least 4 members (excludes halogenated alkanes) is 2. The molecule has 0 unspecified atom stereocenters. The lowest BCUT2D eigenvalue weighted by Crippen LogP contribution is -2.19. The number of hydrogen-bond acceptors (Lipinski definition) is 11. The zero-order valence-electron chi connectivity index (χ0n) is 40.0. The quantitative estimate of drug-likeness (QED) is 0.0218. The van der Waals surface area contributed by atoms with E-state index in [4.69, 9.17) is 14.2 Å². The third-order valence-electron chi connectivity index (χ3n) is 13.8. The average molecular weight is 943 g/mol. The van der Waals surface area contributed by atoms with Gasteiger partial charge in [-0.2, -0.15) is 0 Å². The third-order valence-corrected chi connectivity index (χ3v) is 13.8. The Labute approximate surface area is 406 Å². The van der Waals surface area contributed by atoms with Gasteiger partial charge in [0.05, 0.1) is 35.5 Å². The Morgan fingerprint density at radius 1 is 0.352 bits per heavy atom. The minimum Gasteiger partial charge on any atom is -0.462 e. The van der Waals surface area contributed by atoms with Crippen molar-refractivity contribution in [1.29, 1.82) is 0 Å². The number of fused-ring (bicyclic) bond motifs is 4. The van der Waals surface area contributed by atoms with Gasteiger partial charge in [-0.3, -0.25) is 19.2 Å².